The van der Waals surface area contributed by atoms with Crippen LogP contribution in [0, 0.1) is 5.92 Å². The van der Waals surface area contributed by atoms with Crippen molar-refractivity contribution < 1.29 is 22.7 Å². The summed E-state index contributed by atoms with van der Waals surface area (Å²) in [6.07, 6.45) is 2.55. The fourth-order valence-electron chi connectivity index (χ4n) is 3.74. The van der Waals surface area contributed by atoms with Gasteiger partial charge in [0.2, 0.25) is 5.91 Å². The number of hydrogen-bond donors (Lipinski definition) is 2. The summed E-state index contributed by atoms with van der Waals surface area (Å²) in [5, 5.41) is 6.49. The third kappa shape index (κ3) is 10.2. The van der Waals surface area contributed by atoms with Crippen molar-refractivity contribution in [3.05, 3.63) is 0 Å². The zero-order valence-electron chi connectivity index (χ0n) is 17.1. The van der Waals surface area contributed by atoms with E-state index in [0.717, 1.165) is 38.6 Å². The van der Waals surface area contributed by atoms with Gasteiger partial charge in [-0.05, 0) is 32.6 Å². The van der Waals surface area contributed by atoms with E-state index in [2.05, 4.69) is 20.4 Å². The maximum absolute atomic E-state index is 12.7. The molecular weight excluding hydrogens is 500 g/mol. The number of likely N-dealkylation sites (tertiary alicyclic amines) is 1. The molecule has 0 aromatic heterocycles. The molecule has 1 heterocycles. The highest BCUT2D eigenvalue weighted by Crippen LogP contribution is 2.26. The zero-order valence-corrected chi connectivity index (χ0v) is 19.4. The van der Waals surface area contributed by atoms with Crippen LogP contribution in [0.1, 0.15) is 51.9 Å². The van der Waals surface area contributed by atoms with Crippen LogP contribution in [0.3, 0.4) is 0 Å². The Morgan fingerprint density at radius 2 is 1.93 bits per heavy atom. The number of nitrogens with one attached hydrogen (secondary N) is 2. The molecule has 0 aromatic carbocycles. The van der Waals surface area contributed by atoms with Crippen LogP contribution in [0.15, 0.2) is 4.99 Å². The van der Waals surface area contributed by atoms with Crippen LogP contribution in [0.2, 0.25) is 0 Å². The Morgan fingerprint density at radius 3 is 2.59 bits per heavy atom. The number of alkyl halides is 3. The third-order valence-corrected chi connectivity index (χ3v) is 5.12. The molecule has 1 unspecified atom stereocenters. The van der Waals surface area contributed by atoms with Crippen LogP contribution in [-0.2, 0) is 9.53 Å². The summed E-state index contributed by atoms with van der Waals surface area (Å²) in [4.78, 5) is 19.0. The highest BCUT2D eigenvalue weighted by atomic mass is 127. The highest BCUT2D eigenvalue weighted by Gasteiger charge is 2.31. The number of ether oxygens (including phenoxy) is 1. The average Bonchev–Trinajstić information content (AvgIpc) is 3.12. The number of halogens is 4. The second-order valence-corrected chi connectivity index (χ2v) is 7.53. The molecule has 1 saturated carbocycles. The van der Waals surface area contributed by atoms with Crippen molar-refractivity contribution in [3.8, 4) is 0 Å². The first-order chi connectivity index (χ1) is 13.4. The van der Waals surface area contributed by atoms with Crippen LogP contribution in [-0.4, -0.2) is 68.4 Å². The summed E-state index contributed by atoms with van der Waals surface area (Å²) in [6, 6.07) is 0.145. The van der Waals surface area contributed by atoms with E-state index in [1.54, 1.807) is 0 Å². The van der Waals surface area contributed by atoms with Gasteiger partial charge in [0.1, 0.15) is 6.61 Å². The van der Waals surface area contributed by atoms with E-state index in [1.165, 1.54) is 6.42 Å². The second-order valence-electron chi connectivity index (χ2n) is 7.53. The molecule has 2 N–H and O–H groups in total. The summed E-state index contributed by atoms with van der Waals surface area (Å²) in [6.45, 7) is 3.26. The van der Waals surface area contributed by atoms with Crippen LogP contribution >= 0.6 is 24.0 Å². The molecule has 170 valence electrons. The van der Waals surface area contributed by atoms with Crippen molar-refractivity contribution in [2.75, 3.05) is 39.4 Å². The number of carbonyl (C=O) groups is 1. The predicted octanol–water partition coefficient (Wildman–Crippen LogP) is 3.31. The van der Waals surface area contributed by atoms with E-state index < -0.39 is 12.8 Å². The van der Waals surface area contributed by atoms with Gasteiger partial charge in [-0.15, -0.1) is 24.0 Å². The van der Waals surface area contributed by atoms with Crippen LogP contribution in [0.25, 0.3) is 0 Å². The van der Waals surface area contributed by atoms with Crippen molar-refractivity contribution in [2.24, 2.45) is 10.9 Å². The fraction of sp³-hybridized carbons (Fsp3) is 0.895. The summed E-state index contributed by atoms with van der Waals surface area (Å²) >= 11 is 0. The maximum atomic E-state index is 12.7. The number of rotatable bonds is 8. The molecule has 2 aliphatic rings. The van der Waals surface area contributed by atoms with Crippen molar-refractivity contribution in [1.29, 1.82) is 0 Å². The Kier molecular flexibility index (Phi) is 12.2. The first-order valence-electron chi connectivity index (χ1n) is 10.4. The van der Waals surface area contributed by atoms with Gasteiger partial charge in [0.15, 0.2) is 5.96 Å². The normalized spacial score (nSPS) is 21.0. The molecule has 1 amide bonds. The van der Waals surface area contributed by atoms with Gasteiger partial charge in [-0.2, -0.15) is 13.2 Å². The van der Waals surface area contributed by atoms with E-state index >= 15 is 0 Å². The molecule has 0 spiro atoms. The van der Waals surface area contributed by atoms with Gasteiger partial charge in [-0.25, -0.2) is 0 Å². The largest absolute Gasteiger partial charge is 0.411 e. The average molecular weight is 534 g/mol. The molecule has 0 radical (unpaired) electrons. The van der Waals surface area contributed by atoms with Crippen LogP contribution < -0.4 is 10.6 Å². The Hall–Kier alpha value is -0.780. The van der Waals surface area contributed by atoms with Crippen LogP contribution in [0.5, 0.6) is 0 Å². The van der Waals surface area contributed by atoms with Gasteiger partial charge in [0.25, 0.3) is 0 Å². The van der Waals surface area contributed by atoms with Gasteiger partial charge >= 0.3 is 6.18 Å². The van der Waals surface area contributed by atoms with E-state index in [4.69, 9.17) is 0 Å². The standard InChI is InChI=1S/C19H33F3N4O2.HI/c1-2-23-18(24-10-6-12-28-14-19(20,21)22)25-16-9-11-26(13-16)17(27)15-7-4-3-5-8-15;/h15-16H,2-14H2,1H3,(H2,23,24,25);1H. The topological polar surface area (TPSA) is 66.0 Å². The first kappa shape index (κ1) is 26.3. The summed E-state index contributed by atoms with van der Waals surface area (Å²) in [7, 11) is 0. The van der Waals surface area contributed by atoms with Gasteiger partial charge in [0.05, 0.1) is 0 Å². The molecule has 6 nitrogen and oxygen atoms in total. The molecule has 2 rings (SSSR count). The Labute approximate surface area is 188 Å². The number of nitrogens with zero attached hydrogens (tertiary/aromatic N) is 2. The lowest BCUT2D eigenvalue weighted by atomic mass is 9.88. The molecule has 0 aromatic rings. The molecule has 10 heteroatoms. The Balaban J connectivity index is 0.00000420. The zero-order chi connectivity index (χ0) is 20.4. The summed E-state index contributed by atoms with van der Waals surface area (Å²) in [5.41, 5.74) is 0. The Bertz CT molecular complexity index is 514. The Morgan fingerprint density at radius 1 is 1.21 bits per heavy atom. The smallest absolute Gasteiger partial charge is 0.372 e. The maximum Gasteiger partial charge on any atom is 0.411 e. The minimum atomic E-state index is -4.29. The van der Waals surface area contributed by atoms with Crippen molar-refractivity contribution in [2.45, 2.75) is 64.1 Å². The third-order valence-electron chi connectivity index (χ3n) is 5.12. The molecule has 1 atom stereocenters. The molecular formula is C19H34F3IN4O2. The van der Waals surface area contributed by atoms with E-state index in [-0.39, 0.29) is 48.5 Å². The van der Waals surface area contributed by atoms with Crippen molar-refractivity contribution >= 4 is 35.8 Å². The molecule has 29 heavy (non-hydrogen) atoms. The lowest BCUT2D eigenvalue weighted by molar-refractivity contribution is -0.173. The van der Waals surface area contributed by atoms with E-state index in [0.29, 0.717) is 32.0 Å². The summed E-state index contributed by atoms with van der Waals surface area (Å²) < 4.78 is 40.7. The molecule has 1 aliphatic heterocycles. The van der Waals surface area contributed by atoms with Crippen molar-refractivity contribution in [1.82, 2.24) is 15.5 Å². The predicted molar refractivity (Wildman–Crippen MR) is 118 cm³/mol. The number of hydrogen-bond acceptors (Lipinski definition) is 3. The van der Waals surface area contributed by atoms with E-state index in [1.807, 2.05) is 11.8 Å². The van der Waals surface area contributed by atoms with Crippen molar-refractivity contribution in [3.63, 3.8) is 0 Å². The second kappa shape index (κ2) is 13.5. The lowest BCUT2D eigenvalue weighted by Gasteiger charge is -2.26. The molecule has 2 fully saturated rings. The highest BCUT2D eigenvalue weighted by molar-refractivity contribution is 14.0. The fourth-order valence-corrected chi connectivity index (χ4v) is 3.74. The lowest BCUT2D eigenvalue weighted by Crippen LogP contribution is -2.45. The quantitative estimate of drug-likeness (QED) is 0.217. The SMILES string of the molecule is CCNC(=NCCCOCC(F)(F)F)NC1CCN(C(=O)C2CCCCC2)C1.I. The molecule has 0 bridgehead atoms. The van der Waals surface area contributed by atoms with Crippen LogP contribution in [0.4, 0.5) is 13.2 Å². The van der Waals surface area contributed by atoms with Gasteiger partial charge in [-0.3, -0.25) is 9.79 Å². The van der Waals surface area contributed by atoms with Gasteiger partial charge in [0, 0.05) is 44.7 Å². The molecule has 1 aliphatic carbocycles. The molecule has 1 saturated heterocycles. The van der Waals surface area contributed by atoms with E-state index in [9.17, 15) is 18.0 Å². The minimum absolute atomic E-state index is 0. The number of amides is 1. The van der Waals surface area contributed by atoms with Gasteiger partial charge < -0.3 is 20.3 Å². The first-order valence-corrected chi connectivity index (χ1v) is 10.4. The monoisotopic (exact) mass is 534 g/mol. The summed E-state index contributed by atoms with van der Waals surface area (Å²) in [5.74, 6) is 1.11. The number of carbonyl (C=O) groups excluding carboxylic acids is 1. The number of guanidine groups is 1. The number of aliphatic imine (C=N–C) groups is 1. The minimum Gasteiger partial charge on any atom is -0.372 e. The van der Waals surface area contributed by atoms with Gasteiger partial charge in [-0.1, -0.05) is 19.3 Å².